The molecule has 0 saturated heterocycles. The highest BCUT2D eigenvalue weighted by Gasteiger charge is 2.29. The first-order valence-corrected chi connectivity index (χ1v) is 53.7. The number of nitrogens with zero attached hydrogens (tertiary/aromatic N) is 6. The SMILES string of the molecule is Cc1cc(C)c(C)c(-c2c3ccc(CC(C)(C)C)cc3c(C)c[n+]2C)c1.Cc1cc(C)c(C)c(-c2c3ccc(CC(C)(C)C)cc3cc[n+]2C)c1.Cc1ccc(C)c(-c2c3ccc(CC(C)(C)C)cc3c(C)c[n+]2C)c1.Cc1ccc(C)c(-c2c3ccc(CC(C)(C)C)cc3cc[n+]2C)c1.Cc1ccccc1-c1c2ccc(CC(C)(C)C)cc2c(C)c[n+]1C.Cc1ccccc1-c1c2ccc(CC(C)(C)C)cc2cc[n+]1C. The van der Waals surface area contributed by atoms with Crippen molar-refractivity contribution in [3.05, 3.63) is 391 Å². The Morgan fingerprint density at radius 3 is 0.673 bits per heavy atom. The van der Waals surface area contributed by atoms with E-state index in [-0.39, 0.29) is 0 Å². The summed E-state index contributed by atoms with van der Waals surface area (Å²) >= 11 is 0. The maximum absolute atomic E-state index is 2.40. The Balaban J connectivity index is 0.000000147. The summed E-state index contributed by atoms with van der Waals surface area (Å²) in [6.07, 6.45) is 19.9. The van der Waals surface area contributed by atoms with Gasteiger partial charge in [-0.15, -0.1) is 0 Å². The average Bonchev–Trinajstić information content (AvgIpc) is 0.776. The van der Waals surface area contributed by atoms with Crippen LogP contribution in [0.15, 0.2) is 274 Å². The zero-order chi connectivity index (χ0) is 108. The van der Waals surface area contributed by atoms with Crippen molar-refractivity contribution in [1.82, 2.24) is 0 Å². The second-order valence-electron chi connectivity index (χ2n) is 50.7. The van der Waals surface area contributed by atoms with E-state index in [0.717, 1.165) is 38.5 Å². The number of pyridine rings is 6. The van der Waals surface area contributed by atoms with Gasteiger partial charge >= 0.3 is 0 Å². The number of rotatable bonds is 12. The van der Waals surface area contributed by atoms with Crippen molar-refractivity contribution in [3.63, 3.8) is 0 Å². The van der Waals surface area contributed by atoms with Gasteiger partial charge in [-0.1, -0.05) is 292 Å². The van der Waals surface area contributed by atoms with E-state index in [1.54, 1.807) is 0 Å². The van der Waals surface area contributed by atoms with Crippen LogP contribution in [-0.2, 0) is 80.8 Å². The summed E-state index contributed by atoms with van der Waals surface area (Å²) in [6, 6.07) is 88.5. The number of aromatic nitrogens is 6. The van der Waals surface area contributed by atoms with Crippen LogP contribution in [0.2, 0.25) is 0 Å². The van der Waals surface area contributed by atoms with Crippen LogP contribution in [0.3, 0.4) is 0 Å². The van der Waals surface area contributed by atoms with E-state index in [1.165, 1.54) is 249 Å². The first kappa shape index (κ1) is 111. The van der Waals surface area contributed by atoms with E-state index >= 15 is 0 Å². The van der Waals surface area contributed by atoms with Crippen LogP contribution in [0.25, 0.3) is 132 Å². The number of fused-ring (bicyclic) bond motifs is 6. The number of hydrogen-bond donors (Lipinski definition) is 0. The van der Waals surface area contributed by atoms with E-state index in [9.17, 15) is 0 Å². The fourth-order valence-electron chi connectivity index (χ4n) is 22.1. The smallest absolute Gasteiger partial charge is 0.200 e. The molecule has 0 amide bonds. The molecule has 6 aromatic heterocycles. The Morgan fingerprint density at radius 2 is 0.395 bits per heavy atom. The Morgan fingerprint density at radius 1 is 0.170 bits per heavy atom. The lowest BCUT2D eigenvalue weighted by Gasteiger charge is -2.19. The maximum atomic E-state index is 2.40. The normalized spacial score (nSPS) is 11.9. The fourth-order valence-corrected chi connectivity index (χ4v) is 22.1. The Kier molecular flexibility index (Phi) is 34.1. The highest BCUT2D eigenvalue weighted by molar-refractivity contribution is 6.00. The van der Waals surface area contributed by atoms with Gasteiger partial charge in [0.2, 0.25) is 34.2 Å². The van der Waals surface area contributed by atoms with Crippen LogP contribution >= 0.6 is 0 Å². The summed E-state index contributed by atoms with van der Waals surface area (Å²) in [5.41, 5.74) is 46.1. The van der Waals surface area contributed by atoms with Crippen LogP contribution in [-0.4, -0.2) is 0 Å². The monoisotopic (exact) mass is 1950 g/mol. The standard InChI is InChI=1S/C25H32N.2C24H30N.2C23H28N.C22H26N/c1-16-11-17(2)19(4)23(12-16)24-21-10-9-20(14-25(5,6)7)13-22(21)18(3)15-26(24)8;1-16-12-17(2)18(3)22(13-16)23-21-9-8-19(15-24(4,5)6)14-20(21)10-11-25(23)7;1-16-8-9-17(2)22(12-16)23-20-11-10-19(14-24(4,5)6)13-21(20)18(3)15-25(23)7;1-16-7-8-17(2)21(13-16)22-20-10-9-18(15-23(3,4)5)14-19(20)11-12-24(22)6;1-16-9-7-8-10-19(16)22-20-12-11-18(14-23(3,4)5)13-21(20)17(2)15-24(22)6;1-16-8-6-7-9-19(16)21-20-11-10-17(15-22(2,3)4)14-18(20)12-13-23(21)5/h9-13,15H,14H2,1-8H3;8-14H,15H2,1-7H3;8-13,15H,14H2,1-7H3;7-14H,15H2,1-6H3;7-13,15H,14H2,1-6H3;6-14H,15H2,1-5H3/q6*+1. The third kappa shape index (κ3) is 27.9. The molecule has 0 aliphatic carbocycles. The number of hydrogen-bond acceptors (Lipinski definition) is 0. The number of aryl methyl sites for hydroxylation is 19. The van der Waals surface area contributed by atoms with Crippen LogP contribution in [0.5, 0.6) is 0 Å². The van der Waals surface area contributed by atoms with Crippen LogP contribution < -0.4 is 27.4 Å². The van der Waals surface area contributed by atoms with Gasteiger partial charge in [0, 0.05) is 57.1 Å². The molecule has 0 bridgehead atoms. The minimum Gasteiger partial charge on any atom is -0.200 e. The molecule has 0 N–H and O–H groups in total. The first-order valence-electron chi connectivity index (χ1n) is 53.7. The maximum Gasteiger partial charge on any atom is 0.220 e. The van der Waals surface area contributed by atoms with E-state index in [1.807, 2.05) is 0 Å². The Hall–Kier alpha value is -12.9. The molecule has 6 heteroatoms. The Bertz CT molecular complexity index is 7940. The van der Waals surface area contributed by atoms with Gasteiger partial charge < -0.3 is 0 Å². The second-order valence-corrected chi connectivity index (χ2v) is 50.7. The molecule has 147 heavy (non-hydrogen) atoms. The topological polar surface area (TPSA) is 23.3 Å². The lowest BCUT2D eigenvalue weighted by molar-refractivity contribution is -0.659. The second kappa shape index (κ2) is 45.0. The zero-order valence-corrected chi connectivity index (χ0v) is 97.4. The van der Waals surface area contributed by atoms with Crippen molar-refractivity contribution >= 4 is 64.6 Å². The lowest BCUT2D eigenvalue weighted by Crippen LogP contribution is -2.31. The fraction of sp³-hybridized carbons (Fsp3) is 0.362. The molecule has 0 radical (unpaired) electrons. The molecule has 0 aliphatic heterocycles. The summed E-state index contributed by atoms with van der Waals surface area (Å²) in [5, 5.41) is 16.1. The molecule has 6 nitrogen and oxygen atoms in total. The van der Waals surface area contributed by atoms with Crippen molar-refractivity contribution in [2.24, 2.45) is 74.8 Å². The van der Waals surface area contributed by atoms with Gasteiger partial charge in [0.05, 0.1) is 43.4 Å². The summed E-state index contributed by atoms with van der Waals surface area (Å²) < 4.78 is 13.6. The van der Waals surface area contributed by atoms with Crippen molar-refractivity contribution in [2.75, 3.05) is 0 Å². The van der Waals surface area contributed by atoms with Gasteiger partial charge in [-0.05, 0) is 358 Å². The van der Waals surface area contributed by atoms with E-state index in [4.69, 9.17) is 0 Å². The van der Waals surface area contributed by atoms with Crippen LogP contribution in [0, 0.1) is 136 Å². The molecule has 18 rings (SSSR count). The summed E-state index contributed by atoms with van der Waals surface area (Å²) in [4.78, 5) is 0. The van der Waals surface area contributed by atoms with Gasteiger partial charge in [-0.2, -0.15) is 0 Å². The number of benzene rings is 12. The van der Waals surface area contributed by atoms with Crippen molar-refractivity contribution in [3.8, 4) is 67.5 Å². The summed E-state index contributed by atoms with van der Waals surface area (Å²) in [7, 11) is 12.9. The van der Waals surface area contributed by atoms with Crippen LogP contribution in [0.1, 0.15) is 241 Å². The van der Waals surface area contributed by atoms with Crippen LogP contribution in [0.4, 0.5) is 0 Å². The lowest BCUT2D eigenvalue weighted by atomic mass is 9.86. The predicted molar refractivity (Wildman–Crippen MR) is 633 cm³/mol. The molecular weight excluding hydrogens is 1780 g/mol. The van der Waals surface area contributed by atoms with E-state index < -0.39 is 0 Å². The van der Waals surface area contributed by atoms with E-state index in [0.29, 0.717) is 32.5 Å². The molecule has 6 heterocycles. The molecule has 762 valence electrons. The quantitative estimate of drug-likeness (QED) is 0.109. The van der Waals surface area contributed by atoms with Gasteiger partial charge in [0.1, 0.15) is 42.3 Å². The molecule has 18 aromatic rings. The largest absolute Gasteiger partial charge is 0.220 e. The summed E-state index contributed by atoms with van der Waals surface area (Å²) in [5.74, 6) is 0. The molecule has 0 saturated carbocycles. The van der Waals surface area contributed by atoms with Crippen molar-refractivity contribution in [2.45, 2.75) is 267 Å². The predicted octanol–water partition coefficient (Wildman–Crippen LogP) is 34.1. The van der Waals surface area contributed by atoms with Gasteiger partial charge in [0.25, 0.3) is 0 Å². The molecule has 0 atom stereocenters. The third-order valence-corrected chi connectivity index (χ3v) is 28.8. The van der Waals surface area contributed by atoms with Crippen molar-refractivity contribution in [1.29, 1.82) is 0 Å². The van der Waals surface area contributed by atoms with E-state index in [2.05, 4.69) is 572 Å². The van der Waals surface area contributed by atoms with Gasteiger partial charge in [-0.3, -0.25) is 0 Å². The molecule has 0 spiro atoms. The third-order valence-electron chi connectivity index (χ3n) is 28.8. The molecule has 0 fully saturated rings. The highest BCUT2D eigenvalue weighted by atomic mass is 15.0. The molecule has 12 aromatic carbocycles. The molecular formula is C141H174N6+6. The molecule has 0 aliphatic rings. The highest BCUT2D eigenvalue weighted by Crippen LogP contribution is 2.41. The summed E-state index contributed by atoms with van der Waals surface area (Å²) in [6.45, 7) is 74.4. The Labute approximate surface area is 885 Å². The average molecular weight is 1950 g/mol. The van der Waals surface area contributed by atoms with Gasteiger partial charge in [-0.25, -0.2) is 27.4 Å². The minimum absolute atomic E-state index is 0.300. The molecule has 0 unspecified atom stereocenters. The first-order chi connectivity index (χ1) is 68.7. The van der Waals surface area contributed by atoms with Crippen molar-refractivity contribution < 1.29 is 27.4 Å². The van der Waals surface area contributed by atoms with Gasteiger partial charge in [0.15, 0.2) is 37.2 Å². The minimum atomic E-state index is 0.300. The zero-order valence-electron chi connectivity index (χ0n) is 97.4.